The van der Waals surface area contributed by atoms with E-state index in [4.69, 9.17) is 11.6 Å². The molecule has 1 aliphatic rings. The quantitative estimate of drug-likeness (QED) is 0.609. The number of fused-ring (bicyclic) bond motifs is 1. The smallest absolute Gasteiger partial charge is 0.415 e. The van der Waals surface area contributed by atoms with Crippen LogP contribution in [0, 0.1) is 11.8 Å². The summed E-state index contributed by atoms with van der Waals surface area (Å²) < 4.78 is 73.1. The number of carbonyl (C=O) groups excluding carboxylic acids is 1. The Bertz CT molecular complexity index is 891. The predicted octanol–water partition coefficient (Wildman–Crippen LogP) is 3.42. The summed E-state index contributed by atoms with van der Waals surface area (Å²) >= 11 is 5.78. The maximum absolute atomic E-state index is 13.9. The van der Waals surface area contributed by atoms with Crippen LogP contribution in [0.25, 0.3) is 0 Å². The highest BCUT2D eigenvalue weighted by Gasteiger charge is 2.62. The van der Waals surface area contributed by atoms with Gasteiger partial charge in [-0.15, -0.1) is 0 Å². The second-order valence-corrected chi connectivity index (χ2v) is 7.39. The molecular formula is C15H13ClF3NO5S. The molecule has 6 nitrogen and oxygen atoms in total. The zero-order valence-corrected chi connectivity index (χ0v) is 15.1. The number of anilines is 1. The molecule has 0 spiro atoms. The van der Waals surface area contributed by atoms with Crippen molar-refractivity contribution in [3.8, 4) is 11.8 Å². The summed E-state index contributed by atoms with van der Waals surface area (Å²) in [6, 6.07) is 3.45. The van der Waals surface area contributed by atoms with Crippen LogP contribution < -0.4 is 5.32 Å². The lowest BCUT2D eigenvalue weighted by atomic mass is 9.90. The molecule has 1 aliphatic heterocycles. The summed E-state index contributed by atoms with van der Waals surface area (Å²) in [5, 5.41) is 2.11. The number of halogens is 4. The Kier molecular flexibility index (Phi) is 5.46. The van der Waals surface area contributed by atoms with Crippen LogP contribution in [0.3, 0.4) is 0 Å². The van der Waals surface area contributed by atoms with Gasteiger partial charge in [-0.3, -0.25) is 9.50 Å². The fourth-order valence-electron chi connectivity index (χ4n) is 2.21. The SMILES string of the molecule is CCC(C#CC1(C(F)(F)F)OC(=O)Nc2ccc(Cl)cc21)OS(C)(=O)=O. The summed E-state index contributed by atoms with van der Waals surface area (Å²) in [5.74, 6) is 3.96. The maximum atomic E-state index is 13.9. The second kappa shape index (κ2) is 6.98. The van der Waals surface area contributed by atoms with E-state index in [1.165, 1.54) is 19.1 Å². The monoisotopic (exact) mass is 411 g/mol. The van der Waals surface area contributed by atoms with E-state index in [2.05, 4.69) is 20.2 Å². The molecule has 0 saturated carbocycles. The molecule has 0 saturated heterocycles. The van der Waals surface area contributed by atoms with E-state index < -0.39 is 39.7 Å². The molecule has 2 rings (SSSR count). The lowest BCUT2D eigenvalue weighted by Gasteiger charge is -2.35. The van der Waals surface area contributed by atoms with Crippen molar-refractivity contribution in [2.75, 3.05) is 11.6 Å². The first-order valence-electron chi connectivity index (χ1n) is 7.15. The molecule has 0 fully saturated rings. The molecular weight excluding hydrogens is 399 g/mol. The third-order valence-corrected chi connectivity index (χ3v) is 4.13. The fourth-order valence-corrected chi connectivity index (χ4v) is 2.99. The van der Waals surface area contributed by atoms with Gasteiger partial charge in [-0.25, -0.2) is 4.79 Å². The lowest BCUT2D eigenvalue weighted by molar-refractivity contribution is -0.239. The minimum Gasteiger partial charge on any atom is -0.415 e. The van der Waals surface area contributed by atoms with E-state index in [-0.39, 0.29) is 17.1 Å². The molecule has 1 heterocycles. The first kappa shape index (κ1) is 20.4. The van der Waals surface area contributed by atoms with Gasteiger partial charge in [0.2, 0.25) is 0 Å². The Balaban J connectivity index is 2.65. The molecule has 2 atom stereocenters. The molecule has 1 N–H and O–H groups in total. The summed E-state index contributed by atoms with van der Waals surface area (Å²) in [4.78, 5) is 11.7. The van der Waals surface area contributed by atoms with Crippen molar-refractivity contribution >= 4 is 33.5 Å². The van der Waals surface area contributed by atoms with Gasteiger partial charge in [0.05, 0.1) is 11.9 Å². The molecule has 0 radical (unpaired) electrons. The average molecular weight is 412 g/mol. The molecule has 0 bridgehead atoms. The van der Waals surface area contributed by atoms with Crippen LogP contribution in [0.15, 0.2) is 18.2 Å². The molecule has 0 aliphatic carbocycles. The highest BCUT2D eigenvalue weighted by atomic mass is 35.5. The molecule has 1 aromatic rings. The van der Waals surface area contributed by atoms with Gasteiger partial charge in [0.1, 0.15) is 6.10 Å². The highest BCUT2D eigenvalue weighted by Crippen LogP contribution is 2.47. The van der Waals surface area contributed by atoms with Gasteiger partial charge in [-0.2, -0.15) is 21.6 Å². The number of rotatable bonds is 3. The van der Waals surface area contributed by atoms with Crippen LogP contribution >= 0.6 is 11.6 Å². The zero-order valence-electron chi connectivity index (χ0n) is 13.5. The standard InChI is InChI=1S/C15H13ClF3NO5S/c1-3-10(25-26(2,22)23)6-7-14(15(17,18)19)11-8-9(16)4-5-12(11)20-13(21)24-14/h4-5,8,10H,3H2,1-2H3,(H,20,21). The third-order valence-electron chi connectivity index (χ3n) is 3.31. The number of alkyl halides is 3. The second-order valence-electron chi connectivity index (χ2n) is 5.35. The number of hydrogen-bond acceptors (Lipinski definition) is 5. The molecule has 2 unspecified atom stereocenters. The Morgan fingerprint density at radius 2 is 2.08 bits per heavy atom. The largest absolute Gasteiger partial charge is 0.445 e. The Morgan fingerprint density at radius 3 is 2.62 bits per heavy atom. The van der Waals surface area contributed by atoms with Gasteiger partial charge < -0.3 is 4.74 Å². The van der Waals surface area contributed by atoms with E-state index >= 15 is 0 Å². The van der Waals surface area contributed by atoms with Crippen molar-refractivity contribution in [3.63, 3.8) is 0 Å². The molecule has 11 heteroatoms. The van der Waals surface area contributed by atoms with Gasteiger partial charge >= 0.3 is 12.3 Å². The maximum Gasteiger partial charge on any atom is 0.445 e. The normalized spacial score (nSPS) is 20.9. The molecule has 1 aromatic carbocycles. The lowest BCUT2D eigenvalue weighted by Crippen LogP contribution is -2.49. The number of cyclic esters (lactones) is 1. The van der Waals surface area contributed by atoms with Crippen molar-refractivity contribution in [1.29, 1.82) is 0 Å². The van der Waals surface area contributed by atoms with Crippen LogP contribution in [0.2, 0.25) is 5.02 Å². The van der Waals surface area contributed by atoms with Crippen LogP contribution in [0.5, 0.6) is 0 Å². The Hall–Kier alpha value is -1.96. The molecule has 0 aromatic heterocycles. The third kappa shape index (κ3) is 4.23. The summed E-state index contributed by atoms with van der Waals surface area (Å²) in [5.41, 5.74) is -4.00. The first-order chi connectivity index (χ1) is 11.9. The van der Waals surface area contributed by atoms with Gasteiger partial charge in [0, 0.05) is 10.6 Å². The number of carbonyl (C=O) groups is 1. The number of nitrogens with one attached hydrogen (secondary N) is 1. The minimum absolute atomic E-state index is 0.0113. The molecule has 1 amide bonds. The van der Waals surface area contributed by atoms with E-state index in [0.717, 1.165) is 12.3 Å². The van der Waals surface area contributed by atoms with Crippen LogP contribution in [-0.4, -0.2) is 33.0 Å². The van der Waals surface area contributed by atoms with Crippen LogP contribution in [-0.2, 0) is 24.6 Å². The van der Waals surface area contributed by atoms with E-state index in [0.29, 0.717) is 0 Å². The summed E-state index contributed by atoms with van der Waals surface area (Å²) in [7, 11) is -3.95. The predicted molar refractivity (Wildman–Crippen MR) is 87.1 cm³/mol. The van der Waals surface area contributed by atoms with Gasteiger partial charge in [0.25, 0.3) is 15.7 Å². The van der Waals surface area contributed by atoms with Gasteiger partial charge in [-0.1, -0.05) is 24.4 Å². The number of amides is 1. The topological polar surface area (TPSA) is 81.7 Å². The van der Waals surface area contributed by atoms with Crippen molar-refractivity contribution < 1.29 is 35.3 Å². The van der Waals surface area contributed by atoms with Gasteiger partial charge in [-0.05, 0) is 30.5 Å². The molecule has 142 valence electrons. The zero-order chi connectivity index (χ0) is 19.8. The number of ether oxygens (including phenoxy) is 1. The van der Waals surface area contributed by atoms with Crippen LogP contribution in [0.1, 0.15) is 18.9 Å². The van der Waals surface area contributed by atoms with E-state index in [1.807, 2.05) is 5.92 Å². The van der Waals surface area contributed by atoms with Crippen molar-refractivity contribution in [2.45, 2.75) is 31.2 Å². The van der Waals surface area contributed by atoms with E-state index in [9.17, 15) is 26.4 Å². The van der Waals surface area contributed by atoms with Crippen molar-refractivity contribution in [1.82, 2.24) is 0 Å². The van der Waals surface area contributed by atoms with Crippen molar-refractivity contribution in [3.05, 3.63) is 28.8 Å². The Morgan fingerprint density at radius 1 is 1.42 bits per heavy atom. The highest BCUT2D eigenvalue weighted by molar-refractivity contribution is 7.86. The summed E-state index contributed by atoms with van der Waals surface area (Å²) in [6.07, 6.45) is -7.09. The Labute approximate surface area is 152 Å². The summed E-state index contributed by atoms with van der Waals surface area (Å²) in [6.45, 7) is 1.48. The minimum atomic E-state index is -5.12. The molecule has 26 heavy (non-hydrogen) atoms. The number of hydrogen-bond donors (Lipinski definition) is 1. The van der Waals surface area contributed by atoms with Crippen molar-refractivity contribution in [2.24, 2.45) is 0 Å². The fraction of sp³-hybridized carbons (Fsp3) is 0.400. The average Bonchev–Trinajstić information content (AvgIpc) is 2.49. The van der Waals surface area contributed by atoms with E-state index in [1.54, 1.807) is 0 Å². The van der Waals surface area contributed by atoms with Crippen LogP contribution in [0.4, 0.5) is 23.7 Å². The number of benzene rings is 1. The van der Waals surface area contributed by atoms with Gasteiger partial charge in [0.15, 0.2) is 0 Å². The first-order valence-corrected chi connectivity index (χ1v) is 9.35.